The highest BCUT2D eigenvalue weighted by Gasteiger charge is 2.26. The normalized spacial score (nSPS) is 13.9. The molecule has 2 rings (SSSR count). The van der Waals surface area contributed by atoms with E-state index >= 15 is 0 Å². The number of furan rings is 1. The highest BCUT2D eigenvalue weighted by molar-refractivity contribution is 5.77. The molecule has 0 radical (unpaired) electrons. The predicted molar refractivity (Wildman–Crippen MR) is 67.9 cm³/mol. The van der Waals surface area contributed by atoms with Gasteiger partial charge in [-0.1, -0.05) is 18.2 Å². The molecule has 0 saturated carbocycles. The average molecular weight is 271 g/mol. The lowest BCUT2D eigenvalue weighted by Crippen LogP contribution is -2.21. The molecular weight excluding hydrogens is 255 g/mol. The van der Waals surface area contributed by atoms with Gasteiger partial charge in [0.05, 0.1) is 6.04 Å². The van der Waals surface area contributed by atoms with Crippen molar-refractivity contribution in [2.45, 2.75) is 32.0 Å². The maximum Gasteiger partial charge on any atom is 0.389 e. The summed E-state index contributed by atoms with van der Waals surface area (Å²) in [6.45, 7) is 2.20. The van der Waals surface area contributed by atoms with Crippen LogP contribution in [-0.2, 0) is 0 Å². The molecule has 1 aromatic carbocycles. The fourth-order valence-corrected chi connectivity index (χ4v) is 1.92. The number of nitrogens with one attached hydrogen (secondary N) is 1. The summed E-state index contributed by atoms with van der Waals surface area (Å²) in [6, 6.07) is 9.44. The van der Waals surface area contributed by atoms with Crippen LogP contribution in [-0.4, -0.2) is 12.7 Å². The van der Waals surface area contributed by atoms with E-state index in [9.17, 15) is 13.2 Å². The summed E-state index contributed by atoms with van der Waals surface area (Å²) in [5.74, 6) is 0.744. The van der Waals surface area contributed by atoms with E-state index in [0.717, 1.165) is 16.7 Å². The molecule has 2 nitrogen and oxygen atoms in total. The second-order valence-corrected chi connectivity index (χ2v) is 4.58. The first-order valence-electron chi connectivity index (χ1n) is 6.24. The maximum atomic E-state index is 12.0. The van der Waals surface area contributed by atoms with Crippen molar-refractivity contribution in [2.75, 3.05) is 6.54 Å². The molecule has 0 aliphatic carbocycles. The fraction of sp³-hybridized carbons (Fsp3) is 0.429. The standard InChI is InChI=1S/C14H16F3NO/c1-10(18-8-4-7-14(15,16)17)13-9-11-5-2-3-6-12(11)19-13/h2-3,5-6,9-10,18H,4,7-8H2,1H3. The maximum absolute atomic E-state index is 12.0. The van der Waals surface area contributed by atoms with Crippen molar-refractivity contribution in [3.63, 3.8) is 0 Å². The number of fused-ring (bicyclic) bond motifs is 1. The quantitative estimate of drug-likeness (QED) is 0.814. The first-order chi connectivity index (χ1) is 8.96. The molecule has 5 heteroatoms. The number of halogens is 3. The van der Waals surface area contributed by atoms with E-state index in [4.69, 9.17) is 4.42 Å². The van der Waals surface area contributed by atoms with Gasteiger partial charge in [-0.25, -0.2) is 0 Å². The SMILES string of the molecule is CC(NCCCC(F)(F)F)c1cc2ccccc2o1. The molecule has 19 heavy (non-hydrogen) atoms. The van der Waals surface area contributed by atoms with Crippen LogP contribution in [0.5, 0.6) is 0 Å². The number of benzene rings is 1. The van der Waals surface area contributed by atoms with Crippen LogP contribution >= 0.6 is 0 Å². The minimum Gasteiger partial charge on any atom is -0.459 e. The van der Waals surface area contributed by atoms with Crippen molar-refractivity contribution in [1.29, 1.82) is 0 Å². The lowest BCUT2D eigenvalue weighted by Gasteiger charge is -2.11. The third-order valence-corrected chi connectivity index (χ3v) is 2.96. The van der Waals surface area contributed by atoms with Gasteiger partial charge in [0.15, 0.2) is 0 Å². The zero-order valence-electron chi connectivity index (χ0n) is 10.6. The number of hydrogen-bond donors (Lipinski definition) is 1. The summed E-state index contributed by atoms with van der Waals surface area (Å²) >= 11 is 0. The monoisotopic (exact) mass is 271 g/mol. The van der Waals surface area contributed by atoms with Gasteiger partial charge in [-0.3, -0.25) is 0 Å². The van der Waals surface area contributed by atoms with Gasteiger partial charge in [-0.2, -0.15) is 13.2 Å². The Balaban J connectivity index is 1.87. The molecule has 0 saturated heterocycles. The van der Waals surface area contributed by atoms with Gasteiger partial charge in [0.2, 0.25) is 0 Å². The Morgan fingerprint density at radius 1 is 1.26 bits per heavy atom. The third-order valence-electron chi connectivity index (χ3n) is 2.96. The van der Waals surface area contributed by atoms with Crippen molar-refractivity contribution in [1.82, 2.24) is 5.32 Å². The molecule has 1 heterocycles. The summed E-state index contributed by atoms with van der Waals surface area (Å²) in [4.78, 5) is 0. The van der Waals surface area contributed by atoms with Crippen LogP contribution in [0.25, 0.3) is 11.0 Å². The molecule has 0 spiro atoms. The molecule has 0 aliphatic rings. The average Bonchev–Trinajstić information content (AvgIpc) is 2.77. The summed E-state index contributed by atoms with van der Waals surface area (Å²) in [6.07, 6.45) is -4.76. The minimum absolute atomic E-state index is 0.0774. The molecule has 1 N–H and O–H groups in total. The first kappa shape index (κ1) is 13.9. The van der Waals surface area contributed by atoms with Crippen molar-refractivity contribution >= 4 is 11.0 Å². The Kier molecular flexibility index (Phi) is 4.14. The summed E-state index contributed by atoms with van der Waals surface area (Å²) in [7, 11) is 0. The highest BCUT2D eigenvalue weighted by atomic mass is 19.4. The highest BCUT2D eigenvalue weighted by Crippen LogP contribution is 2.24. The smallest absolute Gasteiger partial charge is 0.389 e. The van der Waals surface area contributed by atoms with Gasteiger partial charge in [0.25, 0.3) is 0 Å². The fourth-order valence-electron chi connectivity index (χ4n) is 1.92. The van der Waals surface area contributed by atoms with Crippen molar-refractivity contribution in [2.24, 2.45) is 0 Å². The van der Waals surface area contributed by atoms with E-state index in [1.165, 1.54) is 0 Å². The van der Waals surface area contributed by atoms with E-state index in [1.54, 1.807) is 0 Å². The van der Waals surface area contributed by atoms with E-state index in [1.807, 2.05) is 37.3 Å². The largest absolute Gasteiger partial charge is 0.459 e. The van der Waals surface area contributed by atoms with E-state index in [2.05, 4.69) is 5.32 Å². The van der Waals surface area contributed by atoms with Crippen LogP contribution in [0, 0.1) is 0 Å². The minimum atomic E-state index is -4.08. The van der Waals surface area contributed by atoms with Crippen LogP contribution in [0.1, 0.15) is 31.6 Å². The molecule has 0 aliphatic heterocycles. The van der Waals surface area contributed by atoms with Crippen molar-refractivity contribution < 1.29 is 17.6 Å². The van der Waals surface area contributed by atoms with Gasteiger partial charge < -0.3 is 9.73 Å². The summed E-state index contributed by atoms with van der Waals surface area (Å²) < 4.78 is 41.6. The lowest BCUT2D eigenvalue weighted by atomic mass is 10.2. The second-order valence-electron chi connectivity index (χ2n) is 4.58. The molecule has 0 amide bonds. The lowest BCUT2D eigenvalue weighted by molar-refractivity contribution is -0.135. The Hall–Kier alpha value is -1.49. The Labute approximate surface area is 109 Å². The van der Waals surface area contributed by atoms with Crippen LogP contribution in [0.15, 0.2) is 34.7 Å². The van der Waals surface area contributed by atoms with E-state index < -0.39 is 12.6 Å². The zero-order valence-corrected chi connectivity index (χ0v) is 10.6. The van der Waals surface area contributed by atoms with Gasteiger partial charge in [-0.15, -0.1) is 0 Å². The molecular formula is C14H16F3NO. The molecule has 1 atom stereocenters. The molecule has 0 bridgehead atoms. The number of rotatable bonds is 5. The van der Waals surface area contributed by atoms with Crippen LogP contribution in [0.2, 0.25) is 0 Å². The summed E-state index contributed by atoms with van der Waals surface area (Å²) in [5, 5.41) is 4.04. The number of alkyl halides is 3. The van der Waals surface area contributed by atoms with Crippen molar-refractivity contribution in [3.8, 4) is 0 Å². The van der Waals surface area contributed by atoms with Gasteiger partial charge >= 0.3 is 6.18 Å². The Morgan fingerprint density at radius 3 is 2.68 bits per heavy atom. The second kappa shape index (κ2) is 5.65. The molecule has 0 fully saturated rings. The zero-order chi connectivity index (χ0) is 13.9. The van der Waals surface area contributed by atoms with Gasteiger partial charge in [-0.05, 0) is 32.0 Å². The molecule has 1 aromatic heterocycles. The van der Waals surface area contributed by atoms with Crippen molar-refractivity contribution in [3.05, 3.63) is 36.1 Å². The molecule has 104 valence electrons. The number of para-hydroxylation sites is 1. The Morgan fingerprint density at radius 2 is 2.00 bits per heavy atom. The van der Waals surface area contributed by atoms with Crippen LogP contribution < -0.4 is 5.32 Å². The van der Waals surface area contributed by atoms with Crippen LogP contribution in [0.4, 0.5) is 13.2 Å². The predicted octanol–water partition coefficient (Wildman–Crippen LogP) is 4.43. The third kappa shape index (κ3) is 3.99. The topological polar surface area (TPSA) is 25.2 Å². The van der Waals surface area contributed by atoms with E-state index in [0.29, 0.717) is 6.54 Å². The van der Waals surface area contributed by atoms with E-state index in [-0.39, 0.29) is 12.5 Å². The Bertz CT molecular complexity index is 500. The number of hydrogen-bond acceptors (Lipinski definition) is 2. The first-order valence-corrected chi connectivity index (χ1v) is 6.24. The molecule has 2 aromatic rings. The van der Waals surface area contributed by atoms with Crippen LogP contribution in [0.3, 0.4) is 0 Å². The summed E-state index contributed by atoms with van der Waals surface area (Å²) in [5.41, 5.74) is 0.793. The van der Waals surface area contributed by atoms with Gasteiger partial charge in [0.1, 0.15) is 11.3 Å². The van der Waals surface area contributed by atoms with Gasteiger partial charge in [0, 0.05) is 11.8 Å². The molecule has 1 unspecified atom stereocenters.